The Morgan fingerprint density at radius 2 is 2.05 bits per heavy atom. The first-order valence-corrected chi connectivity index (χ1v) is 8.40. The second kappa shape index (κ2) is 8.14. The maximum absolute atomic E-state index is 12.2. The number of piperazine rings is 1. The van der Waals surface area contributed by atoms with Gasteiger partial charge in [-0.25, -0.2) is 0 Å². The predicted octanol–water partition coefficient (Wildman–Crippen LogP) is 1.42. The molecule has 1 aromatic rings. The summed E-state index contributed by atoms with van der Waals surface area (Å²) in [6, 6.07) is 3.76. The lowest BCUT2D eigenvalue weighted by Crippen LogP contribution is -2.51. The number of thiophene rings is 1. The summed E-state index contributed by atoms with van der Waals surface area (Å²) >= 11 is 1.48. The van der Waals surface area contributed by atoms with Crippen LogP contribution in [-0.4, -0.2) is 60.9 Å². The van der Waals surface area contributed by atoms with Crippen molar-refractivity contribution in [1.29, 1.82) is 0 Å². The van der Waals surface area contributed by atoms with E-state index in [0.717, 1.165) is 37.4 Å². The molecule has 0 saturated carbocycles. The van der Waals surface area contributed by atoms with Crippen LogP contribution in [0.5, 0.6) is 0 Å². The molecule has 2 amide bonds. The molecule has 1 N–H and O–H groups in total. The molecule has 1 fully saturated rings. The number of carbonyl (C=O) groups excluding carboxylic acids is 2. The zero-order chi connectivity index (χ0) is 15.1. The van der Waals surface area contributed by atoms with Crippen molar-refractivity contribution in [3.8, 4) is 0 Å². The molecule has 5 nitrogen and oxygen atoms in total. The van der Waals surface area contributed by atoms with E-state index in [4.69, 9.17) is 0 Å². The van der Waals surface area contributed by atoms with Crippen molar-refractivity contribution < 1.29 is 9.59 Å². The standard InChI is InChI=1S/C15H23N3O2S/c1-2-3-6-16-14(19)12-17-7-9-18(10-8-17)15(20)13-5-4-11-21-13/h4-5,11H,2-3,6-10,12H2,1H3,(H,16,19). The first-order chi connectivity index (χ1) is 10.2. The van der Waals surface area contributed by atoms with Crippen LogP contribution in [0.3, 0.4) is 0 Å². The van der Waals surface area contributed by atoms with Crippen molar-refractivity contribution in [2.45, 2.75) is 19.8 Å². The van der Waals surface area contributed by atoms with Crippen molar-refractivity contribution in [3.05, 3.63) is 22.4 Å². The predicted molar refractivity (Wildman–Crippen MR) is 84.6 cm³/mol. The zero-order valence-corrected chi connectivity index (χ0v) is 13.3. The van der Waals surface area contributed by atoms with Crippen molar-refractivity contribution in [2.75, 3.05) is 39.3 Å². The summed E-state index contributed by atoms with van der Waals surface area (Å²) in [5.41, 5.74) is 0. The van der Waals surface area contributed by atoms with E-state index in [1.807, 2.05) is 22.4 Å². The van der Waals surface area contributed by atoms with Crippen LogP contribution >= 0.6 is 11.3 Å². The van der Waals surface area contributed by atoms with E-state index in [9.17, 15) is 9.59 Å². The molecule has 0 aromatic carbocycles. The highest BCUT2D eigenvalue weighted by atomic mass is 32.1. The summed E-state index contributed by atoms with van der Waals surface area (Å²) in [4.78, 5) is 28.7. The second-order valence-corrected chi connectivity index (χ2v) is 6.20. The number of hydrogen-bond acceptors (Lipinski definition) is 4. The van der Waals surface area contributed by atoms with Gasteiger partial charge in [-0.3, -0.25) is 14.5 Å². The maximum Gasteiger partial charge on any atom is 0.264 e. The summed E-state index contributed by atoms with van der Waals surface area (Å²) in [7, 11) is 0. The Morgan fingerprint density at radius 3 is 2.67 bits per heavy atom. The molecule has 1 aromatic heterocycles. The van der Waals surface area contributed by atoms with Gasteiger partial charge in [0, 0.05) is 32.7 Å². The molecule has 0 aliphatic carbocycles. The molecule has 6 heteroatoms. The lowest BCUT2D eigenvalue weighted by atomic mass is 10.3. The van der Waals surface area contributed by atoms with Gasteiger partial charge < -0.3 is 10.2 Å². The van der Waals surface area contributed by atoms with Crippen molar-refractivity contribution in [2.24, 2.45) is 0 Å². The summed E-state index contributed by atoms with van der Waals surface area (Å²) in [6.07, 6.45) is 2.11. The van der Waals surface area contributed by atoms with Gasteiger partial charge in [0.05, 0.1) is 11.4 Å². The van der Waals surface area contributed by atoms with Gasteiger partial charge in [-0.05, 0) is 17.9 Å². The van der Waals surface area contributed by atoms with Crippen LogP contribution in [0.25, 0.3) is 0 Å². The van der Waals surface area contributed by atoms with Gasteiger partial charge in [0.2, 0.25) is 5.91 Å². The summed E-state index contributed by atoms with van der Waals surface area (Å²) in [5.74, 6) is 0.193. The zero-order valence-electron chi connectivity index (χ0n) is 12.5. The quantitative estimate of drug-likeness (QED) is 0.809. The maximum atomic E-state index is 12.2. The molecular weight excluding hydrogens is 286 g/mol. The third-order valence-corrected chi connectivity index (χ3v) is 4.47. The fourth-order valence-electron chi connectivity index (χ4n) is 2.33. The largest absolute Gasteiger partial charge is 0.355 e. The van der Waals surface area contributed by atoms with Crippen molar-refractivity contribution in [3.63, 3.8) is 0 Å². The van der Waals surface area contributed by atoms with E-state index in [0.29, 0.717) is 19.6 Å². The molecule has 0 atom stereocenters. The minimum atomic E-state index is 0.0847. The second-order valence-electron chi connectivity index (χ2n) is 5.25. The first-order valence-electron chi connectivity index (χ1n) is 7.52. The third-order valence-electron chi connectivity index (χ3n) is 3.61. The molecule has 0 unspecified atom stereocenters. The Balaban J connectivity index is 1.71. The molecule has 116 valence electrons. The Labute approximate surface area is 129 Å². The lowest BCUT2D eigenvalue weighted by molar-refractivity contribution is -0.122. The molecule has 1 saturated heterocycles. The summed E-state index contributed by atoms with van der Waals surface area (Å²) in [5, 5.41) is 4.85. The Kier molecular flexibility index (Phi) is 6.20. The van der Waals surface area contributed by atoms with Crippen LogP contribution in [0.15, 0.2) is 17.5 Å². The third kappa shape index (κ3) is 4.82. The number of carbonyl (C=O) groups is 2. The van der Waals surface area contributed by atoms with Gasteiger partial charge in [-0.2, -0.15) is 0 Å². The monoisotopic (exact) mass is 309 g/mol. The Hall–Kier alpha value is -1.40. The first kappa shape index (κ1) is 16.0. The minimum Gasteiger partial charge on any atom is -0.355 e. The molecule has 0 bridgehead atoms. The van der Waals surface area contributed by atoms with E-state index >= 15 is 0 Å². The van der Waals surface area contributed by atoms with Gasteiger partial charge in [-0.15, -0.1) is 11.3 Å². The fourth-order valence-corrected chi connectivity index (χ4v) is 3.02. The SMILES string of the molecule is CCCCNC(=O)CN1CCN(C(=O)c2cccs2)CC1. The number of nitrogens with zero attached hydrogens (tertiary/aromatic N) is 2. The number of amides is 2. The van der Waals surface area contributed by atoms with Crippen LogP contribution in [0.1, 0.15) is 29.4 Å². The molecular formula is C15H23N3O2S. The van der Waals surface area contributed by atoms with Gasteiger partial charge in [0.15, 0.2) is 0 Å². The highest BCUT2D eigenvalue weighted by Gasteiger charge is 2.23. The van der Waals surface area contributed by atoms with Crippen molar-refractivity contribution >= 4 is 23.2 Å². The smallest absolute Gasteiger partial charge is 0.264 e. The number of hydrogen-bond donors (Lipinski definition) is 1. The molecule has 2 rings (SSSR count). The van der Waals surface area contributed by atoms with Gasteiger partial charge in [0.1, 0.15) is 0 Å². The fraction of sp³-hybridized carbons (Fsp3) is 0.600. The minimum absolute atomic E-state index is 0.0847. The van der Waals surface area contributed by atoms with Crippen LogP contribution in [0.4, 0.5) is 0 Å². The van der Waals surface area contributed by atoms with Crippen LogP contribution < -0.4 is 5.32 Å². The highest BCUT2D eigenvalue weighted by molar-refractivity contribution is 7.12. The molecule has 1 aliphatic rings. The number of nitrogens with one attached hydrogen (secondary N) is 1. The summed E-state index contributed by atoms with van der Waals surface area (Å²) in [6.45, 7) is 6.21. The van der Waals surface area contributed by atoms with Crippen LogP contribution in [0.2, 0.25) is 0 Å². The van der Waals surface area contributed by atoms with E-state index in [2.05, 4.69) is 17.1 Å². The molecule has 0 spiro atoms. The molecule has 2 heterocycles. The van der Waals surface area contributed by atoms with Crippen LogP contribution in [-0.2, 0) is 4.79 Å². The number of unbranched alkanes of at least 4 members (excludes halogenated alkanes) is 1. The molecule has 0 radical (unpaired) electrons. The van der Waals surface area contributed by atoms with Crippen molar-refractivity contribution in [1.82, 2.24) is 15.1 Å². The lowest BCUT2D eigenvalue weighted by Gasteiger charge is -2.34. The summed E-state index contributed by atoms with van der Waals surface area (Å²) < 4.78 is 0. The van der Waals surface area contributed by atoms with Crippen LogP contribution in [0, 0.1) is 0 Å². The van der Waals surface area contributed by atoms with E-state index < -0.39 is 0 Å². The number of rotatable bonds is 6. The van der Waals surface area contributed by atoms with E-state index in [-0.39, 0.29) is 11.8 Å². The average Bonchev–Trinajstić information content (AvgIpc) is 3.02. The van der Waals surface area contributed by atoms with Gasteiger partial charge in [-0.1, -0.05) is 19.4 Å². The van der Waals surface area contributed by atoms with Gasteiger partial charge >= 0.3 is 0 Å². The van der Waals surface area contributed by atoms with Gasteiger partial charge in [0.25, 0.3) is 5.91 Å². The average molecular weight is 309 g/mol. The molecule has 1 aliphatic heterocycles. The normalized spacial score (nSPS) is 16.0. The molecule has 21 heavy (non-hydrogen) atoms. The topological polar surface area (TPSA) is 52.7 Å². The Morgan fingerprint density at radius 1 is 1.29 bits per heavy atom. The van der Waals surface area contributed by atoms with E-state index in [1.165, 1.54) is 11.3 Å². The Bertz CT molecular complexity index is 453. The van der Waals surface area contributed by atoms with E-state index in [1.54, 1.807) is 0 Å². The highest BCUT2D eigenvalue weighted by Crippen LogP contribution is 2.13.